The highest BCUT2D eigenvalue weighted by molar-refractivity contribution is 5.78. The van der Waals surface area contributed by atoms with Crippen LogP contribution >= 0.6 is 0 Å². The zero-order valence-corrected chi connectivity index (χ0v) is 12.3. The van der Waals surface area contributed by atoms with Crippen molar-refractivity contribution >= 4 is 11.0 Å². The van der Waals surface area contributed by atoms with Gasteiger partial charge in [-0.25, -0.2) is 9.97 Å². The summed E-state index contributed by atoms with van der Waals surface area (Å²) in [6, 6.07) is 13.7. The van der Waals surface area contributed by atoms with Gasteiger partial charge in [0, 0.05) is 22.7 Å². The average molecular weight is 280 g/mol. The third kappa shape index (κ3) is 2.65. The second-order valence-electron chi connectivity index (χ2n) is 4.80. The maximum absolute atomic E-state index is 5.30. The average Bonchev–Trinajstić information content (AvgIpc) is 2.53. The normalized spacial score (nSPS) is 10.6. The minimum atomic E-state index is 0.739. The summed E-state index contributed by atoms with van der Waals surface area (Å²) in [6.45, 7) is 1.96. The molecule has 0 saturated carbocycles. The van der Waals surface area contributed by atoms with Crippen LogP contribution in [0.15, 0.2) is 42.5 Å². The van der Waals surface area contributed by atoms with Crippen LogP contribution in [0.3, 0.4) is 0 Å². The van der Waals surface area contributed by atoms with Crippen LogP contribution < -0.4 is 9.47 Å². The van der Waals surface area contributed by atoms with Crippen LogP contribution in [0.2, 0.25) is 0 Å². The molecule has 0 aliphatic heterocycles. The Bertz CT molecular complexity index is 778. The highest BCUT2D eigenvalue weighted by Crippen LogP contribution is 2.29. The minimum absolute atomic E-state index is 0.739. The molecule has 2 aromatic heterocycles. The number of benzene rings is 1. The molecule has 0 bridgehead atoms. The quantitative estimate of drug-likeness (QED) is 0.735. The third-order valence-corrected chi connectivity index (χ3v) is 3.34. The van der Waals surface area contributed by atoms with Crippen molar-refractivity contribution in [2.45, 2.75) is 6.92 Å². The van der Waals surface area contributed by atoms with E-state index in [1.54, 1.807) is 14.2 Å². The lowest BCUT2D eigenvalue weighted by atomic mass is 10.1. The van der Waals surface area contributed by atoms with Crippen molar-refractivity contribution in [2.75, 3.05) is 14.2 Å². The van der Waals surface area contributed by atoms with Crippen molar-refractivity contribution in [3.63, 3.8) is 0 Å². The molecule has 0 spiro atoms. The Hall–Kier alpha value is -2.62. The predicted octanol–water partition coefficient (Wildman–Crippen LogP) is 3.62. The Kier molecular flexibility index (Phi) is 3.44. The summed E-state index contributed by atoms with van der Waals surface area (Å²) in [5, 5.41) is 1.03. The summed E-state index contributed by atoms with van der Waals surface area (Å²) in [7, 11) is 3.27. The van der Waals surface area contributed by atoms with E-state index < -0.39 is 0 Å². The standard InChI is InChI=1S/C17H16N2O2/c1-11-4-5-12-6-7-16(19-17(12)18-11)13-8-14(20-2)10-15(9-13)21-3/h4-10H,1-3H3. The highest BCUT2D eigenvalue weighted by atomic mass is 16.5. The number of aryl methyl sites for hydroxylation is 1. The molecule has 0 atom stereocenters. The van der Waals surface area contributed by atoms with Gasteiger partial charge >= 0.3 is 0 Å². The van der Waals surface area contributed by atoms with Crippen molar-refractivity contribution in [2.24, 2.45) is 0 Å². The molecule has 4 nitrogen and oxygen atoms in total. The molecule has 0 unspecified atom stereocenters. The van der Waals surface area contributed by atoms with Crippen molar-refractivity contribution < 1.29 is 9.47 Å². The van der Waals surface area contributed by atoms with Crippen LogP contribution in [-0.4, -0.2) is 24.2 Å². The molecule has 3 aromatic rings. The first-order valence-electron chi connectivity index (χ1n) is 6.67. The van der Waals surface area contributed by atoms with Gasteiger partial charge in [-0.1, -0.05) is 0 Å². The number of rotatable bonds is 3. The van der Waals surface area contributed by atoms with E-state index in [2.05, 4.69) is 9.97 Å². The number of methoxy groups -OCH3 is 2. The van der Waals surface area contributed by atoms with E-state index in [4.69, 9.17) is 9.47 Å². The third-order valence-electron chi connectivity index (χ3n) is 3.34. The predicted molar refractivity (Wildman–Crippen MR) is 82.8 cm³/mol. The summed E-state index contributed by atoms with van der Waals surface area (Å²) in [4.78, 5) is 9.11. The van der Waals surface area contributed by atoms with Gasteiger partial charge in [-0.05, 0) is 43.3 Å². The van der Waals surface area contributed by atoms with Gasteiger partial charge in [0.2, 0.25) is 0 Å². The molecule has 0 saturated heterocycles. The van der Waals surface area contributed by atoms with E-state index in [1.807, 2.05) is 49.4 Å². The topological polar surface area (TPSA) is 44.2 Å². The monoisotopic (exact) mass is 280 g/mol. The molecular formula is C17H16N2O2. The first-order valence-corrected chi connectivity index (χ1v) is 6.67. The van der Waals surface area contributed by atoms with E-state index in [-0.39, 0.29) is 0 Å². The molecule has 0 amide bonds. The molecule has 2 heterocycles. The lowest BCUT2D eigenvalue weighted by Gasteiger charge is -2.08. The molecule has 0 radical (unpaired) electrons. The summed E-state index contributed by atoms with van der Waals surface area (Å²) in [6.07, 6.45) is 0. The van der Waals surface area contributed by atoms with Gasteiger partial charge in [0.1, 0.15) is 11.5 Å². The highest BCUT2D eigenvalue weighted by Gasteiger charge is 2.07. The molecule has 3 rings (SSSR count). The van der Waals surface area contributed by atoms with Crippen LogP contribution in [0.4, 0.5) is 0 Å². The lowest BCUT2D eigenvalue weighted by molar-refractivity contribution is 0.394. The Balaban J connectivity index is 2.15. The largest absolute Gasteiger partial charge is 0.497 e. The van der Waals surface area contributed by atoms with Gasteiger partial charge in [-0.15, -0.1) is 0 Å². The van der Waals surface area contributed by atoms with E-state index >= 15 is 0 Å². The maximum Gasteiger partial charge on any atom is 0.160 e. The van der Waals surface area contributed by atoms with Gasteiger partial charge in [-0.3, -0.25) is 0 Å². The Morgan fingerprint density at radius 2 is 1.48 bits per heavy atom. The molecule has 0 aliphatic carbocycles. The smallest absolute Gasteiger partial charge is 0.160 e. The fourth-order valence-electron chi connectivity index (χ4n) is 2.21. The number of nitrogens with zero attached hydrogens (tertiary/aromatic N) is 2. The van der Waals surface area contributed by atoms with Crippen LogP contribution in [0.25, 0.3) is 22.3 Å². The Labute approximate surface area is 123 Å². The Morgan fingerprint density at radius 1 is 0.810 bits per heavy atom. The summed E-state index contributed by atoms with van der Waals surface area (Å²) >= 11 is 0. The molecular weight excluding hydrogens is 264 g/mol. The van der Waals surface area contributed by atoms with E-state index in [9.17, 15) is 0 Å². The summed E-state index contributed by atoms with van der Waals surface area (Å²) < 4.78 is 10.6. The fraction of sp³-hybridized carbons (Fsp3) is 0.176. The molecule has 106 valence electrons. The lowest BCUT2D eigenvalue weighted by Crippen LogP contribution is -1.92. The number of hydrogen-bond donors (Lipinski definition) is 0. The molecule has 1 aromatic carbocycles. The second-order valence-corrected chi connectivity index (χ2v) is 4.80. The van der Waals surface area contributed by atoms with E-state index in [0.29, 0.717) is 0 Å². The number of aromatic nitrogens is 2. The summed E-state index contributed by atoms with van der Waals surface area (Å²) in [5.41, 5.74) is 3.49. The maximum atomic E-state index is 5.30. The molecule has 0 aliphatic rings. The fourth-order valence-corrected chi connectivity index (χ4v) is 2.21. The van der Waals surface area contributed by atoms with Gasteiger partial charge in [0.05, 0.1) is 19.9 Å². The van der Waals surface area contributed by atoms with Crippen LogP contribution in [0.5, 0.6) is 11.5 Å². The van der Waals surface area contributed by atoms with Crippen molar-refractivity contribution in [1.82, 2.24) is 9.97 Å². The molecule has 0 N–H and O–H groups in total. The number of pyridine rings is 2. The van der Waals surface area contributed by atoms with Crippen LogP contribution in [0.1, 0.15) is 5.69 Å². The number of fused-ring (bicyclic) bond motifs is 1. The minimum Gasteiger partial charge on any atom is -0.497 e. The number of hydrogen-bond acceptors (Lipinski definition) is 4. The van der Waals surface area contributed by atoms with Gasteiger partial charge in [0.25, 0.3) is 0 Å². The van der Waals surface area contributed by atoms with E-state index in [1.165, 1.54) is 0 Å². The van der Waals surface area contributed by atoms with Gasteiger partial charge in [-0.2, -0.15) is 0 Å². The van der Waals surface area contributed by atoms with E-state index in [0.717, 1.165) is 39.5 Å². The van der Waals surface area contributed by atoms with Crippen molar-refractivity contribution in [3.05, 3.63) is 48.2 Å². The molecule has 21 heavy (non-hydrogen) atoms. The van der Waals surface area contributed by atoms with Crippen molar-refractivity contribution in [1.29, 1.82) is 0 Å². The first-order chi connectivity index (χ1) is 10.2. The second kappa shape index (κ2) is 5.40. The van der Waals surface area contributed by atoms with Gasteiger partial charge in [0.15, 0.2) is 5.65 Å². The molecule has 0 fully saturated rings. The first kappa shape index (κ1) is 13.4. The molecule has 4 heteroatoms. The number of ether oxygens (including phenoxy) is 2. The SMILES string of the molecule is COc1cc(OC)cc(-c2ccc3ccc(C)nc3n2)c1. The summed E-state index contributed by atoms with van der Waals surface area (Å²) in [5.74, 6) is 1.48. The Morgan fingerprint density at radius 3 is 2.14 bits per heavy atom. The zero-order chi connectivity index (χ0) is 14.8. The van der Waals surface area contributed by atoms with Gasteiger partial charge < -0.3 is 9.47 Å². The zero-order valence-electron chi connectivity index (χ0n) is 12.3. The van der Waals surface area contributed by atoms with Crippen LogP contribution in [0, 0.1) is 6.92 Å². The van der Waals surface area contributed by atoms with Crippen molar-refractivity contribution in [3.8, 4) is 22.8 Å². The van der Waals surface area contributed by atoms with Crippen LogP contribution in [-0.2, 0) is 0 Å².